The summed E-state index contributed by atoms with van der Waals surface area (Å²) >= 11 is 1.62. The number of carbonyl (C=O) groups is 1. The maximum atomic E-state index is 12.1. The van der Waals surface area contributed by atoms with Crippen molar-refractivity contribution in [1.82, 2.24) is 30.4 Å². The molecule has 0 bridgehead atoms. The number of fused-ring (bicyclic) bond motifs is 1. The quantitative estimate of drug-likeness (QED) is 0.490. The van der Waals surface area contributed by atoms with Crippen molar-refractivity contribution in [2.24, 2.45) is 0 Å². The number of ether oxygens (including phenoxy) is 1. The standard InChI is InChI=1S/C20H20N6O2S/c1-28-16-4-2-14(3-5-16)8-10-21-20(27)22-12-19-24-23-18-7-6-17(25-26(18)19)15-9-11-29-13-15/h2-7,9,11,13H,8,10,12H2,1H3,(H2,21,22,27). The Bertz CT molecular complexity index is 1090. The number of amides is 2. The molecule has 0 spiro atoms. The van der Waals surface area contributed by atoms with Gasteiger partial charge in [0.15, 0.2) is 11.5 Å². The summed E-state index contributed by atoms with van der Waals surface area (Å²) in [5.74, 6) is 1.39. The second-order valence-corrected chi connectivity index (χ2v) is 7.10. The first-order chi connectivity index (χ1) is 14.2. The maximum absolute atomic E-state index is 12.1. The molecule has 0 saturated carbocycles. The minimum Gasteiger partial charge on any atom is -0.497 e. The number of nitrogens with zero attached hydrogens (tertiary/aromatic N) is 4. The van der Waals surface area contributed by atoms with Crippen LogP contribution in [0.2, 0.25) is 0 Å². The second-order valence-electron chi connectivity index (χ2n) is 6.32. The molecule has 0 aliphatic rings. The van der Waals surface area contributed by atoms with Crippen LogP contribution in [0.25, 0.3) is 16.9 Å². The van der Waals surface area contributed by atoms with Crippen molar-refractivity contribution in [1.29, 1.82) is 0 Å². The molecule has 0 fully saturated rings. The Balaban J connectivity index is 1.31. The van der Waals surface area contributed by atoms with Gasteiger partial charge in [-0.1, -0.05) is 12.1 Å². The van der Waals surface area contributed by atoms with Gasteiger partial charge >= 0.3 is 6.03 Å². The fourth-order valence-electron chi connectivity index (χ4n) is 2.84. The van der Waals surface area contributed by atoms with Crippen molar-refractivity contribution in [3.05, 3.63) is 64.6 Å². The van der Waals surface area contributed by atoms with E-state index in [4.69, 9.17) is 4.74 Å². The van der Waals surface area contributed by atoms with Crippen LogP contribution in [0, 0.1) is 0 Å². The summed E-state index contributed by atoms with van der Waals surface area (Å²) in [6.45, 7) is 0.759. The average Bonchev–Trinajstić information content (AvgIpc) is 3.42. The number of hydrogen-bond donors (Lipinski definition) is 2. The highest BCUT2D eigenvalue weighted by Crippen LogP contribution is 2.20. The third-order valence-corrected chi connectivity index (χ3v) is 5.09. The summed E-state index contributed by atoms with van der Waals surface area (Å²) in [6, 6.07) is 13.3. The Morgan fingerprint density at radius 2 is 1.97 bits per heavy atom. The average molecular weight is 408 g/mol. The summed E-state index contributed by atoms with van der Waals surface area (Å²) < 4.78 is 6.80. The number of rotatable bonds is 7. The van der Waals surface area contributed by atoms with Gasteiger partial charge in [0.05, 0.1) is 19.3 Å². The predicted molar refractivity (Wildman–Crippen MR) is 111 cm³/mol. The van der Waals surface area contributed by atoms with E-state index in [0.29, 0.717) is 18.0 Å². The van der Waals surface area contributed by atoms with E-state index in [-0.39, 0.29) is 12.6 Å². The number of nitrogens with one attached hydrogen (secondary N) is 2. The molecular weight excluding hydrogens is 388 g/mol. The molecule has 1 aromatic carbocycles. The van der Waals surface area contributed by atoms with Crippen molar-refractivity contribution in [2.75, 3.05) is 13.7 Å². The van der Waals surface area contributed by atoms with Crippen LogP contribution in [0.15, 0.2) is 53.2 Å². The van der Waals surface area contributed by atoms with Crippen molar-refractivity contribution in [2.45, 2.75) is 13.0 Å². The van der Waals surface area contributed by atoms with Crippen LogP contribution >= 0.6 is 11.3 Å². The van der Waals surface area contributed by atoms with Crippen LogP contribution < -0.4 is 15.4 Å². The second kappa shape index (κ2) is 8.70. The molecule has 29 heavy (non-hydrogen) atoms. The molecule has 0 aliphatic heterocycles. The van der Waals surface area contributed by atoms with Crippen LogP contribution in [-0.4, -0.2) is 39.5 Å². The summed E-state index contributed by atoms with van der Waals surface area (Å²) in [7, 11) is 1.64. The molecule has 4 aromatic rings. The van der Waals surface area contributed by atoms with Gasteiger partial charge in [0, 0.05) is 17.5 Å². The first-order valence-corrected chi connectivity index (χ1v) is 10.1. The first-order valence-electron chi connectivity index (χ1n) is 9.11. The maximum Gasteiger partial charge on any atom is 0.315 e. The van der Waals surface area contributed by atoms with E-state index in [2.05, 4.69) is 25.9 Å². The molecular formula is C20H20N6O2S. The molecule has 8 nitrogen and oxygen atoms in total. The van der Waals surface area contributed by atoms with E-state index in [0.717, 1.165) is 29.0 Å². The van der Waals surface area contributed by atoms with Crippen LogP contribution in [0.1, 0.15) is 11.4 Å². The van der Waals surface area contributed by atoms with Gasteiger partial charge in [-0.25, -0.2) is 4.79 Å². The Morgan fingerprint density at radius 1 is 1.10 bits per heavy atom. The van der Waals surface area contributed by atoms with E-state index in [1.165, 1.54) is 0 Å². The lowest BCUT2D eigenvalue weighted by Gasteiger charge is -2.07. The normalized spacial score (nSPS) is 10.8. The van der Waals surface area contributed by atoms with Gasteiger partial charge in [0.2, 0.25) is 0 Å². The monoisotopic (exact) mass is 408 g/mol. The molecule has 0 unspecified atom stereocenters. The van der Waals surface area contributed by atoms with Crippen molar-refractivity contribution >= 4 is 23.0 Å². The Kier molecular flexibility index (Phi) is 5.66. The summed E-state index contributed by atoms with van der Waals surface area (Å²) in [6.07, 6.45) is 0.733. The molecule has 148 valence electrons. The highest BCUT2D eigenvalue weighted by atomic mass is 32.1. The molecule has 9 heteroatoms. The molecule has 3 heterocycles. The lowest BCUT2D eigenvalue weighted by Crippen LogP contribution is -2.36. The third kappa shape index (κ3) is 4.52. The van der Waals surface area contributed by atoms with Gasteiger partial charge in [-0.15, -0.1) is 10.2 Å². The van der Waals surface area contributed by atoms with E-state index >= 15 is 0 Å². The third-order valence-electron chi connectivity index (χ3n) is 4.41. The van der Waals surface area contributed by atoms with Crippen molar-refractivity contribution in [3.8, 4) is 17.0 Å². The van der Waals surface area contributed by atoms with Crippen molar-refractivity contribution in [3.63, 3.8) is 0 Å². The minimum absolute atomic E-state index is 0.232. The van der Waals surface area contributed by atoms with Gasteiger partial charge < -0.3 is 15.4 Å². The number of aromatic nitrogens is 4. The van der Waals surface area contributed by atoms with E-state index in [1.807, 2.05) is 53.2 Å². The van der Waals surface area contributed by atoms with Crippen LogP contribution in [0.3, 0.4) is 0 Å². The number of hydrogen-bond acceptors (Lipinski definition) is 6. The SMILES string of the molecule is COc1ccc(CCNC(=O)NCc2nnc3ccc(-c4ccsc4)nn23)cc1. The smallest absolute Gasteiger partial charge is 0.315 e. The van der Waals surface area contributed by atoms with Gasteiger partial charge in [0.25, 0.3) is 0 Å². The summed E-state index contributed by atoms with van der Waals surface area (Å²) in [4.78, 5) is 12.1. The summed E-state index contributed by atoms with van der Waals surface area (Å²) in [5.41, 5.74) is 3.64. The highest BCUT2D eigenvalue weighted by Gasteiger charge is 2.10. The molecule has 3 aromatic heterocycles. The zero-order valence-electron chi connectivity index (χ0n) is 15.8. The zero-order chi connectivity index (χ0) is 20.1. The van der Waals surface area contributed by atoms with Crippen molar-refractivity contribution < 1.29 is 9.53 Å². The Labute approximate surface area is 171 Å². The Hall–Kier alpha value is -3.46. The Morgan fingerprint density at radius 3 is 2.72 bits per heavy atom. The highest BCUT2D eigenvalue weighted by molar-refractivity contribution is 7.08. The topological polar surface area (TPSA) is 93.4 Å². The van der Waals surface area contributed by atoms with Crippen LogP contribution in [-0.2, 0) is 13.0 Å². The predicted octanol–water partition coefficient (Wildman–Crippen LogP) is 2.90. The van der Waals surface area contributed by atoms with Gasteiger partial charge in [-0.05, 0) is 47.7 Å². The molecule has 4 rings (SSSR count). The van der Waals surface area contributed by atoms with Gasteiger partial charge in [-0.3, -0.25) is 0 Å². The first kappa shape index (κ1) is 18.9. The van der Waals surface area contributed by atoms with E-state index in [9.17, 15) is 4.79 Å². The number of methoxy groups -OCH3 is 1. The van der Waals surface area contributed by atoms with E-state index in [1.54, 1.807) is 23.0 Å². The van der Waals surface area contributed by atoms with Crippen LogP contribution in [0.4, 0.5) is 4.79 Å². The fraction of sp³-hybridized carbons (Fsp3) is 0.200. The largest absolute Gasteiger partial charge is 0.497 e. The number of thiophene rings is 1. The minimum atomic E-state index is -0.260. The fourth-order valence-corrected chi connectivity index (χ4v) is 3.49. The molecule has 0 aliphatic carbocycles. The molecule has 0 radical (unpaired) electrons. The number of urea groups is 1. The lowest BCUT2D eigenvalue weighted by molar-refractivity contribution is 0.240. The van der Waals surface area contributed by atoms with Crippen LogP contribution in [0.5, 0.6) is 5.75 Å². The molecule has 2 amide bonds. The number of carbonyl (C=O) groups excluding carboxylic acids is 1. The lowest BCUT2D eigenvalue weighted by atomic mass is 10.1. The van der Waals surface area contributed by atoms with E-state index < -0.39 is 0 Å². The van der Waals surface area contributed by atoms with Gasteiger partial charge in [0.1, 0.15) is 5.75 Å². The number of benzene rings is 1. The molecule has 2 N–H and O–H groups in total. The molecule has 0 atom stereocenters. The zero-order valence-corrected chi connectivity index (χ0v) is 16.6. The summed E-state index contributed by atoms with van der Waals surface area (Å²) in [5, 5.41) is 22.5. The molecule has 0 saturated heterocycles. The van der Waals surface area contributed by atoms with Gasteiger partial charge in [-0.2, -0.15) is 21.0 Å².